The number of carbonyl (C=O) groups excluding carboxylic acids is 1. The van der Waals surface area contributed by atoms with Gasteiger partial charge < -0.3 is 4.74 Å². The van der Waals surface area contributed by atoms with Gasteiger partial charge in [0, 0.05) is 0 Å². The van der Waals surface area contributed by atoms with Gasteiger partial charge >= 0.3 is 5.97 Å². The van der Waals surface area contributed by atoms with Gasteiger partial charge in [-0.25, -0.2) is 0 Å². The molecule has 0 aromatic heterocycles. The average Bonchev–Trinajstić information content (AvgIpc) is 2.29. The Morgan fingerprint density at radius 2 is 2.06 bits per heavy atom. The number of carbonyl (C=O) groups is 1. The summed E-state index contributed by atoms with van der Waals surface area (Å²) in [6.45, 7) is 3.96. The van der Waals surface area contributed by atoms with Crippen LogP contribution in [0.4, 0.5) is 0 Å². The third-order valence-electron chi connectivity index (χ3n) is 2.72. The van der Waals surface area contributed by atoms with Crippen LogP contribution in [0.2, 0.25) is 0 Å². The Morgan fingerprint density at radius 1 is 1.44 bits per heavy atom. The number of methoxy groups -OCH3 is 1. The van der Waals surface area contributed by atoms with Crippen LogP contribution in [0, 0.1) is 18.3 Å². The number of benzene rings is 1. The van der Waals surface area contributed by atoms with Gasteiger partial charge in [-0.2, -0.15) is 5.26 Å². The first-order chi connectivity index (χ1) is 7.63. The first-order valence-electron chi connectivity index (χ1n) is 5.22. The van der Waals surface area contributed by atoms with E-state index in [1.165, 1.54) is 7.11 Å². The van der Waals surface area contributed by atoms with E-state index in [9.17, 15) is 4.79 Å². The highest BCUT2D eigenvalue weighted by molar-refractivity contribution is 5.73. The Bertz CT molecular complexity index is 444. The number of ether oxygens (including phenoxy) is 1. The van der Waals surface area contributed by atoms with Gasteiger partial charge in [0.25, 0.3) is 0 Å². The number of hydrogen-bond donors (Lipinski definition) is 0. The second-order valence-corrected chi connectivity index (χ2v) is 3.60. The molecule has 0 heterocycles. The Balaban J connectivity index is 3.17. The van der Waals surface area contributed by atoms with E-state index in [0.29, 0.717) is 5.56 Å². The summed E-state index contributed by atoms with van der Waals surface area (Å²) >= 11 is 0. The largest absolute Gasteiger partial charge is 0.469 e. The summed E-state index contributed by atoms with van der Waals surface area (Å²) in [5.74, 6) is -0.319. The zero-order valence-corrected chi connectivity index (χ0v) is 9.83. The Kier molecular flexibility index (Phi) is 4.07. The standard InChI is InChI=1S/C13H15NO2/c1-4-10-5-6-11(7-13(15)16-3)12(8-14)9(10)2/h5-6H,4,7H2,1-3H3. The van der Waals surface area contributed by atoms with Crippen molar-refractivity contribution >= 4 is 5.97 Å². The third-order valence-corrected chi connectivity index (χ3v) is 2.72. The average molecular weight is 217 g/mol. The van der Waals surface area contributed by atoms with Gasteiger partial charge in [-0.1, -0.05) is 19.1 Å². The van der Waals surface area contributed by atoms with E-state index in [2.05, 4.69) is 10.8 Å². The molecule has 0 N–H and O–H groups in total. The predicted octanol–water partition coefficient (Wildman–Crippen LogP) is 2.14. The fourth-order valence-electron chi connectivity index (χ4n) is 1.72. The summed E-state index contributed by atoms with van der Waals surface area (Å²) in [6, 6.07) is 5.96. The smallest absolute Gasteiger partial charge is 0.310 e. The molecule has 0 bridgehead atoms. The molecule has 1 aromatic rings. The molecule has 0 saturated carbocycles. The number of aryl methyl sites for hydroxylation is 1. The van der Waals surface area contributed by atoms with Crippen LogP contribution in [0.15, 0.2) is 12.1 Å². The molecule has 0 aliphatic carbocycles. The maximum atomic E-state index is 11.2. The molecule has 3 nitrogen and oxygen atoms in total. The highest BCUT2D eigenvalue weighted by Crippen LogP contribution is 2.19. The van der Waals surface area contributed by atoms with Crippen LogP contribution in [0.3, 0.4) is 0 Å². The van der Waals surface area contributed by atoms with E-state index in [4.69, 9.17) is 5.26 Å². The number of esters is 1. The molecule has 0 atom stereocenters. The molecule has 0 unspecified atom stereocenters. The predicted molar refractivity (Wildman–Crippen MR) is 61.0 cm³/mol. The molecule has 0 spiro atoms. The van der Waals surface area contributed by atoms with E-state index < -0.39 is 0 Å². The molecule has 3 heteroatoms. The lowest BCUT2D eigenvalue weighted by molar-refractivity contribution is -0.139. The quantitative estimate of drug-likeness (QED) is 0.729. The fraction of sp³-hybridized carbons (Fsp3) is 0.385. The second-order valence-electron chi connectivity index (χ2n) is 3.60. The molecule has 0 aliphatic rings. The van der Waals surface area contributed by atoms with Crippen LogP contribution in [-0.4, -0.2) is 13.1 Å². The van der Waals surface area contributed by atoms with E-state index in [1.807, 2.05) is 26.0 Å². The van der Waals surface area contributed by atoms with Gasteiger partial charge in [-0.15, -0.1) is 0 Å². The lowest BCUT2D eigenvalue weighted by Crippen LogP contribution is -2.07. The summed E-state index contributed by atoms with van der Waals surface area (Å²) < 4.78 is 4.60. The normalized spacial score (nSPS) is 9.62. The molecular formula is C13H15NO2. The maximum Gasteiger partial charge on any atom is 0.310 e. The minimum atomic E-state index is -0.319. The van der Waals surface area contributed by atoms with Crippen molar-refractivity contribution in [3.63, 3.8) is 0 Å². The van der Waals surface area contributed by atoms with Gasteiger partial charge in [-0.05, 0) is 30.0 Å². The summed E-state index contributed by atoms with van der Waals surface area (Å²) in [6.07, 6.45) is 1.04. The Labute approximate surface area is 95.7 Å². The summed E-state index contributed by atoms with van der Waals surface area (Å²) in [7, 11) is 1.35. The number of rotatable bonds is 3. The summed E-state index contributed by atoms with van der Waals surface area (Å²) in [5, 5.41) is 9.10. The summed E-state index contributed by atoms with van der Waals surface area (Å²) in [4.78, 5) is 11.2. The van der Waals surface area contributed by atoms with Gasteiger partial charge in [0.15, 0.2) is 0 Å². The molecule has 84 valence electrons. The van der Waals surface area contributed by atoms with Crippen molar-refractivity contribution in [2.45, 2.75) is 26.7 Å². The fourth-order valence-corrected chi connectivity index (χ4v) is 1.72. The molecule has 0 saturated heterocycles. The van der Waals surface area contributed by atoms with E-state index in [-0.39, 0.29) is 12.4 Å². The van der Waals surface area contributed by atoms with Crippen molar-refractivity contribution < 1.29 is 9.53 Å². The van der Waals surface area contributed by atoms with Crippen molar-refractivity contribution in [3.8, 4) is 6.07 Å². The van der Waals surface area contributed by atoms with Crippen LogP contribution in [-0.2, 0) is 22.4 Å². The minimum absolute atomic E-state index is 0.157. The molecule has 16 heavy (non-hydrogen) atoms. The molecule has 0 fully saturated rings. The van der Waals surface area contributed by atoms with Gasteiger partial charge in [0.2, 0.25) is 0 Å². The highest BCUT2D eigenvalue weighted by atomic mass is 16.5. The van der Waals surface area contributed by atoms with Gasteiger partial charge in [0.05, 0.1) is 25.2 Å². The molecular weight excluding hydrogens is 202 g/mol. The summed E-state index contributed by atoms with van der Waals surface area (Å²) in [5.41, 5.74) is 3.45. The zero-order valence-electron chi connectivity index (χ0n) is 9.83. The topological polar surface area (TPSA) is 50.1 Å². The SMILES string of the molecule is CCc1ccc(CC(=O)OC)c(C#N)c1C. The molecule has 0 aliphatic heterocycles. The molecule has 0 radical (unpaired) electrons. The van der Waals surface area contributed by atoms with Gasteiger partial charge in [-0.3, -0.25) is 4.79 Å². The van der Waals surface area contributed by atoms with Crippen molar-refractivity contribution in [3.05, 3.63) is 34.4 Å². The third kappa shape index (κ3) is 2.40. The van der Waals surface area contributed by atoms with E-state index >= 15 is 0 Å². The lowest BCUT2D eigenvalue weighted by Gasteiger charge is -2.09. The van der Waals surface area contributed by atoms with Crippen LogP contribution >= 0.6 is 0 Å². The van der Waals surface area contributed by atoms with Crippen LogP contribution in [0.5, 0.6) is 0 Å². The van der Waals surface area contributed by atoms with Crippen LogP contribution < -0.4 is 0 Å². The molecule has 0 amide bonds. The lowest BCUT2D eigenvalue weighted by atomic mass is 9.95. The highest BCUT2D eigenvalue weighted by Gasteiger charge is 2.12. The molecule has 1 aromatic carbocycles. The first kappa shape index (κ1) is 12.3. The first-order valence-corrected chi connectivity index (χ1v) is 5.22. The minimum Gasteiger partial charge on any atom is -0.469 e. The van der Waals surface area contributed by atoms with Crippen LogP contribution in [0.1, 0.15) is 29.2 Å². The second kappa shape index (κ2) is 5.32. The number of hydrogen-bond acceptors (Lipinski definition) is 3. The van der Waals surface area contributed by atoms with Crippen molar-refractivity contribution in [2.75, 3.05) is 7.11 Å². The maximum absolute atomic E-state index is 11.2. The number of nitrogens with zero attached hydrogens (tertiary/aromatic N) is 1. The van der Waals surface area contributed by atoms with Gasteiger partial charge in [0.1, 0.15) is 0 Å². The Hall–Kier alpha value is -1.82. The van der Waals surface area contributed by atoms with E-state index in [1.54, 1.807) is 0 Å². The Morgan fingerprint density at radius 3 is 2.56 bits per heavy atom. The monoisotopic (exact) mass is 217 g/mol. The van der Waals surface area contributed by atoms with E-state index in [0.717, 1.165) is 23.1 Å². The van der Waals surface area contributed by atoms with Crippen LogP contribution in [0.25, 0.3) is 0 Å². The van der Waals surface area contributed by atoms with Crippen molar-refractivity contribution in [1.29, 1.82) is 5.26 Å². The zero-order chi connectivity index (χ0) is 12.1. The van der Waals surface area contributed by atoms with Crippen molar-refractivity contribution in [1.82, 2.24) is 0 Å². The van der Waals surface area contributed by atoms with Crippen molar-refractivity contribution in [2.24, 2.45) is 0 Å². The number of nitriles is 1. The molecule has 1 rings (SSSR count).